The molecule has 4 heteroatoms. The Balaban J connectivity index is 2.63. The Kier molecular flexibility index (Phi) is 5.15. The summed E-state index contributed by atoms with van der Waals surface area (Å²) in [7, 11) is 0. The number of rotatable bonds is 5. The number of carbonyl (C=O) groups is 1. The van der Waals surface area contributed by atoms with Gasteiger partial charge < -0.3 is 10.6 Å². The van der Waals surface area contributed by atoms with Crippen LogP contribution in [-0.4, -0.2) is 25.5 Å². The van der Waals surface area contributed by atoms with E-state index in [-0.39, 0.29) is 11.3 Å². The van der Waals surface area contributed by atoms with Crippen LogP contribution in [0.4, 0.5) is 0 Å². The van der Waals surface area contributed by atoms with Crippen LogP contribution in [0.25, 0.3) is 0 Å². The van der Waals surface area contributed by atoms with Gasteiger partial charge in [0.2, 0.25) is 5.91 Å². The molecule has 0 aromatic rings. The van der Waals surface area contributed by atoms with Gasteiger partial charge in [0.25, 0.3) is 0 Å². The van der Waals surface area contributed by atoms with E-state index in [0.29, 0.717) is 6.54 Å². The fraction of sp³-hybridized carbons (Fsp3) is 0.857. The minimum atomic E-state index is -0.495. The number of nitrogens with one attached hydrogen (secondary N) is 2. The van der Waals surface area contributed by atoms with E-state index in [9.17, 15) is 4.79 Å². The molecular formula is C14H25N3O. The van der Waals surface area contributed by atoms with Crippen LogP contribution >= 0.6 is 0 Å². The Labute approximate surface area is 110 Å². The van der Waals surface area contributed by atoms with Crippen molar-refractivity contribution >= 4 is 5.91 Å². The summed E-state index contributed by atoms with van der Waals surface area (Å²) < 4.78 is 0. The molecule has 0 bridgehead atoms. The van der Waals surface area contributed by atoms with E-state index >= 15 is 0 Å². The normalized spacial score (nSPS) is 24.3. The molecule has 1 unspecified atom stereocenters. The van der Waals surface area contributed by atoms with Crippen molar-refractivity contribution < 1.29 is 4.79 Å². The minimum Gasteiger partial charge on any atom is -0.354 e. The van der Waals surface area contributed by atoms with Crippen LogP contribution < -0.4 is 10.6 Å². The fourth-order valence-electron chi connectivity index (χ4n) is 2.50. The van der Waals surface area contributed by atoms with Gasteiger partial charge in [-0.2, -0.15) is 5.26 Å². The van der Waals surface area contributed by atoms with E-state index in [0.717, 1.165) is 38.8 Å². The number of amides is 1. The maximum absolute atomic E-state index is 12.4. The molecule has 0 spiro atoms. The number of hydrogen-bond acceptors (Lipinski definition) is 3. The van der Waals surface area contributed by atoms with Crippen molar-refractivity contribution in [1.29, 1.82) is 5.26 Å². The Hall–Kier alpha value is -1.08. The average Bonchev–Trinajstić information content (AvgIpc) is 2.37. The molecule has 0 aromatic heterocycles. The Morgan fingerprint density at radius 1 is 1.56 bits per heavy atom. The predicted octanol–water partition coefficient (Wildman–Crippen LogP) is 1.82. The monoisotopic (exact) mass is 251 g/mol. The van der Waals surface area contributed by atoms with Gasteiger partial charge in [-0.25, -0.2) is 0 Å². The van der Waals surface area contributed by atoms with E-state index in [1.807, 2.05) is 13.8 Å². The number of nitrogens with zero attached hydrogens (tertiary/aromatic N) is 1. The van der Waals surface area contributed by atoms with Crippen molar-refractivity contribution in [3.63, 3.8) is 0 Å². The molecule has 18 heavy (non-hydrogen) atoms. The molecule has 4 nitrogen and oxygen atoms in total. The van der Waals surface area contributed by atoms with Gasteiger partial charge in [0.15, 0.2) is 0 Å². The second kappa shape index (κ2) is 6.19. The fourth-order valence-corrected chi connectivity index (χ4v) is 2.50. The van der Waals surface area contributed by atoms with Gasteiger partial charge in [-0.1, -0.05) is 13.3 Å². The van der Waals surface area contributed by atoms with Crippen molar-refractivity contribution in [3.8, 4) is 6.07 Å². The molecular weight excluding hydrogens is 226 g/mol. The molecule has 1 aliphatic heterocycles. The highest BCUT2D eigenvalue weighted by atomic mass is 16.2. The lowest BCUT2D eigenvalue weighted by Gasteiger charge is -2.36. The highest BCUT2D eigenvalue weighted by Gasteiger charge is 2.38. The third-order valence-electron chi connectivity index (χ3n) is 3.68. The van der Waals surface area contributed by atoms with Crippen molar-refractivity contribution in [2.24, 2.45) is 10.8 Å². The first-order valence-corrected chi connectivity index (χ1v) is 6.86. The molecule has 1 fully saturated rings. The molecule has 1 aliphatic rings. The molecule has 1 rings (SSSR count). The van der Waals surface area contributed by atoms with Gasteiger partial charge >= 0.3 is 0 Å². The molecule has 0 aromatic carbocycles. The summed E-state index contributed by atoms with van der Waals surface area (Å²) in [6.45, 7) is 8.00. The topological polar surface area (TPSA) is 64.9 Å². The second-order valence-corrected chi connectivity index (χ2v) is 5.99. The van der Waals surface area contributed by atoms with E-state index in [1.54, 1.807) is 0 Å². The molecule has 1 amide bonds. The maximum atomic E-state index is 12.4. The first-order chi connectivity index (χ1) is 8.46. The lowest BCUT2D eigenvalue weighted by atomic mass is 9.76. The zero-order valence-electron chi connectivity index (χ0n) is 11.8. The van der Waals surface area contributed by atoms with Gasteiger partial charge in [0.05, 0.1) is 16.9 Å². The number of carbonyl (C=O) groups excluding carboxylic acids is 1. The summed E-state index contributed by atoms with van der Waals surface area (Å²) in [4.78, 5) is 12.4. The number of hydrogen-bond donors (Lipinski definition) is 2. The molecule has 1 heterocycles. The molecule has 0 radical (unpaired) electrons. The zero-order chi connectivity index (χ0) is 13.6. The lowest BCUT2D eigenvalue weighted by Crippen LogP contribution is -2.51. The average molecular weight is 251 g/mol. The first kappa shape index (κ1) is 15.0. The van der Waals surface area contributed by atoms with Gasteiger partial charge in [0.1, 0.15) is 0 Å². The SMILES string of the molecule is CCCC1(C(=O)NCC(C)(C)C#N)CCCNC1. The third kappa shape index (κ3) is 3.71. The van der Waals surface area contributed by atoms with Gasteiger partial charge in [-0.05, 0) is 39.7 Å². The van der Waals surface area contributed by atoms with Gasteiger partial charge in [-0.3, -0.25) is 4.79 Å². The van der Waals surface area contributed by atoms with Crippen molar-refractivity contribution in [1.82, 2.24) is 10.6 Å². The summed E-state index contributed by atoms with van der Waals surface area (Å²) >= 11 is 0. The summed E-state index contributed by atoms with van der Waals surface area (Å²) in [6, 6.07) is 2.21. The molecule has 1 saturated heterocycles. The molecule has 0 saturated carbocycles. The summed E-state index contributed by atoms with van der Waals surface area (Å²) in [6.07, 6.45) is 3.93. The number of piperidine rings is 1. The molecule has 0 aliphatic carbocycles. The number of nitriles is 1. The Bertz CT molecular complexity index is 319. The van der Waals surface area contributed by atoms with Crippen LogP contribution in [0.15, 0.2) is 0 Å². The Morgan fingerprint density at radius 2 is 2.28 bits per heavy atom. The smallest absolute Gasteiger partial charge is 0.227 e. The maximum Gasteiger partial charge on any atom is 0.227 e. The van der Waals surface area contributed by atoms with E-state index in [1.165, 1.54) is 0 Å². The van der Waals surface area contributed by atoms with E-state index in [2.05, 4.69) is 23.6 Å². The van der Waals surface area contributed by atoms with Crippen LogP contribution in [-0.2, 0) is 4.79 Å². The summed E-state index contributed by atoms with van der Waals surface area (Å²) in [5, 5.41) is 15.3. The van der Waals surface area contributed by atoms with Crippen LogP contribution in [0.3, 0.4) is 0 Å². The Morgan fingerprint density at radius 3 is 2.78 bits per heavy atom. The van der Waals surface area contributed by atoms with Crippen LogP contribution in [0.1, 0.15) is 46.5 Å². The van der Waals surface area contributed by atoms with Crippen LogP contribution in [0.5, 0.6) is 0 Å². The zero-order valence-corrected chi connectivity index (χ0v) is 11.8. The predicted molar refractivity (Wildman–Crippen MR) is 71.8 cm³/mol. The third-order valence-corrected chi connectivity index (χ3v) is 3.68. The van der Waals surface area contributed by atoms with Gasteiger partial charge in [-0.15, -0.1) is 0 Å². The van der Waals surface area contributed by atoms with Gasteiger partial charge in [0, 0.05) is 13.1 Å². The van der Waals surface area contributed by atoms with Crippen molar-refractivity contribution in [2.45, 2.75) is 46.5 Å². The second-order valence-electron chi connectivity index (χ2n) is 5.99. The lowest BCUT2D eigenvalue weighted by molar-refractivity contribution is -0.133. The summed E-state index contributed by atoms with van der Waals surface area (Å²) in [5.74, 6) is 0.111. The van der Waals surface area contributed by atoms with Crippen LogP contribution in [0.2, 0.25) is 0 Å². The first-order valence-electron chi connectivity index (χ1n) is 6.86. The quantitative estimate of drug-likeness (QED) is 0.783. The van der Waals surface area contributed by atoms with Crippen molar-refractivity contribution in [3.05, 3.63) is 0 Å². The van der Waals surface area contributed by atoms with Crippen molar-refractivity contribution in [2.75, 3.05) is 19.6 Å². The molecule has 1 atom stereocenters. The summed E-state index contributed by atoms with van der Waals surface area (Å²) in [5.41, 5.74) is -0.760. The minimum absolute atomic E-state index is 0.111. The highest BCUT2D eigenvalue weighted by Crippen LogP contribution is 2.32. The molecule has 2 N–H and O–H groups in total. The largest absolute Gasteiger partial charge is 0.354 e. The van der Waals surface area contributed by atoms with E-state index < -0.39 is 5.41 Å². The van der Waals surface area contributed by atoms with Crippen LogP contribution in [0, 0.1) is 22.2 Å². The highest BCUT2D eigenvalue weighted by molar-refractivity contribution is 5.83. The standard InChI is InChI=1S/C14H25N3O/c1-4-6-14(7-5-8-16-11-14)12(18)17-10-13(2,3)9-15/h16H,4-8,10-11H2,1-3H3,(H,17,18). The van der Waals surface area contributed by atoms with E-state index in [4.69, 9.17) is 5.26 Å². The molecule has 102 valence electrons.